The van der Waals surface area contributed by atoms with E-state index >= 15 is 0 Å². The smallest absolute Gasteiger partial charge is 0.0120 e. The molecule has 2 saturated heterocycles. The summed E-state index contributed by atoms with van der Waals surface area (Å²) < 4.78 is 0. The van der Waals surface area contributed by atoms with E-state index in [4.69, 9.17) is 0 Å². The minimum absolute atomic E-state index is 0.739. The molecule has 0 aromatic heterocycles. The van der Waals surface area contributed by atoms with Gasteiger partial charge in [-0.15, -0.1) is 0 Å². The first-order valence-electron chi connectivity index (χ1n) is 8.06. The molecule has 0 amide bonds. The van der Waals surface area contributed by atoms with Gasteiger partial charge in [0.2, 0.25) is 0 Å². The lowest BCUT2D eigenvalue weighted by atomic mass is 10.00. The van der Waals surface area contributed by atoms with E-state index in [1.54, 1.807) is 0 Å². The number of nitrogens with zero attached hydrogens (tertiary/aromatic N) is 2. The van der Waals surface area contributed by atoms with Crippen LogP contribution in [0.3, 0.4) is 0 Å². The summed E-state index contributed by atoms with van der Waals surface area (Å²) >= 11 is 0. The summed E-state index contributed by atoms with van der Waals surface area (Å²) in [6.07, 6.45) is 2.81. The topological polar surface area (TPSA) is 6.48 Å². The van der Waals surface area contributed by atoms with Gasteiger partial charge in [-0.05, 0) is 63.5 Å². The molecule has 0 spiro atoms. The molecule has 1 aliphatic carbocycles. The first-order chi connectivity index (χ1) is 8.58. The van der Waals surface area contributed by atoms with E-state index in [-0.39, 0.29) is 0 Å². The predicted molar refractivity (Wildman–Crippen MR) is 76.6 cm³/mol. The fourth-order valence-electron chi connectivity index (χ4n) is 4.66. The molecule has 104 valence electrons. The molecule has 0 unspecified atom stereocenters. The van der Waals surface area contributed by atoms with Crippen LogP contribution in [0.15, 0.2) is 0 Å². The minimum atomic E-state index is 0.739. The van der Waals surface area contributed by atoms with Gasteiger partial charge in [0.1, 0.15) is 0 Å². The number of piperidine rings is 2. The first-order valence-corrected chi connectivity index (χ1v) is 8.06. The Hall–Kier alpha value is -0.0800. The summed E-state index contributed by atoms with van der Waals surface area (Å²) in [5.74, 6) is 4.11. The molecule has 2 heterocycles. The SMILES string of the molecule is CC(C)[C@H]1[C@@H]2CN(C3CCN(C(C)C)CC3)C[C@@H]21. The average molecular weight is 250 g/mol. The van der Waals surface area contributed by atoms with Crippen LogP contribution in [0.4, 0.5) is 0 Å². The van der Waals surface area contributed by atoms with E-state index < -0.39 is 0 Å². The molecule has 18 heavy (non-hydrogen) atoms. The van der Waals surface area contributed by atoms with Gasteiger partial charge < -0.3 is 4.90 Å². The van der Waals surface area contributed by atoms with Gasteiger partial charge >= 0.3 is 0 Å². The molecule has 0 aromatic rings. The normalized spacial score (nSPS) is 38.7. The van der Waals surface area contributed by atoms with Crippen molar-refractivity contribution in [2.24, 2.45) is 23.7 Å². The van der Waals surface area contributed by atoms with Gasteiger partial charge in [-0.1, -0.05) is 13.8 Å². The highest BCUT2D eigenvalue weighted by atomic mass is 15.2. The Morgan fingerprint density at radius 3 is 1.89 bits per heavy atom. The standard InChI is InChI=1S/C16H30N2/c1-11(2)16-14-9-18(10-15(14)16)13-5-7-17(8-6-13)12(3)4/h11-16H,5-10H2,1-4H3/t14-,15+,16+. The van der Waals surface area contributed by atoms with E-state index in [1.807, 2.05) is 0 Å². The Morgan fingerprint density at radius 1 is 0.889 bits per heavy atom. The molecule has 0 N–H and O–H groups in total. The lowest BCUT2D eigenvalue weighted by Gasteiger charge is -2.39. The Bertz CT molecular complexity index is 273. The molecular weight excluding hydrogens is 220 g/mol. The molecule has 2 nitrogen and oxygen atoms in total. The third-order valence-corrected chi connectivity index (χ3v) is 5.80. The molecule has 3 fully saturated rings. The average Bonchev–Trinajstić information content (AvgIpc) is 2.86. The summed E-state index contributed by atoms with van der Waals surface area (Å²) in [5.41, 5.74) is 0. The third-order valence-electron chi connectivity index (χ3n) is 5.80. The lowest BCUT2D eigenvalue weighted by molar-refractivity contribution is 0.0948. The Balaban J connectivity index is 1.46. The van der Waals surface area contributed by atoms with Crippen LogP contribution in [0.5, 0.6) is 0 Å². The fourth-order valence-corrected chi connectivity index (χ4v) is 4.66. The van der Waals surface area contributed by atoms with Crippen LogP contribution in [-0.2, 0) is 0 Å². The van der Waals surface area contributed by atoms with Gasteiger partial charge in [0.15, 0.2) is 0 Å². The summed E-state index contributed by atoms with van der Waals surface area (Å²) in [4.78, 5) is 5.47. The molecule has 0 bridgehead atoms. The van der Waals surface area contributed by atoms with Crippen molar-refractivity contribution in [2.75, 3.05) is 26.2 Å². The largest absolute Gasteiger partial charge is 0.301 e. The summed E-state index contributed by atoms with van der Waals surface area (Å²) in [5, 5.41) is 0. The zero-order valence-electron chi connectivity index (χ0n) is 12.6. The molecule has 3 aliphatic rings. The van der Waals surface area contributed by atoms with E-state index in [1.165, 1.54) is 39.0 Å². The Labute approximate surface area is 113 Å². The predicted octanol–water partition coefficient (Wildman–Crippen LogP) is 2.69. The summed E-state index contributed by atoms with van der Waals surface area (Å²) in [6.45, 7) is 15.0. The van der Waals surface area contributed by atoms with Crippen LogP contribution in [0, 0.1) is 23.7 Å². The van der Waals surface area contributed by atoms with Crippen molar-refractivity contribution in [3.05, 3.63) is 0 Å². The summed E-state index contributed by atoms with van der Waals surface area (Å²) in [7, 11) is 0. The van der Waals surface area contributed by atoms with Gasteiger partial charge in [-0.2, -0.15) is 0 Å². The van der Waals surface area contributed by atoms with Gasteiger partial charge in [0.05, 0.1) is 0 Å². The van der Waals surface area contributed by atoms with Crippen LogP contribution in [0.1, 0.15) is 40.5 Å². The van der Waals surface area contributed by atoms with Gasteiger partial charge in [0, 0.05) is 25.2 Å². The highest BCUT2D eigenvalue weighted by molar-refractivity contribution is 5.07. The van der Waals surface area contributed by atoms with Crippen LogP contribution in [0.25, 0.3) is 0 Å². The fraction of sp³-hybridized carbons (Fsp3) is 1.00. The summed E-state index contributed by atoms with van der Waals surface area (Å²) in [6, 6.07) is 1.64. The second-order valence-electron chi connectivity index (χ2n) is 7.46. The van der Waals surface area contributed by atoms with Crippen molar-refractivity contribution < 1.29 is 0 Å². The van der Waals surface area contributed by atoms with Crippen molar-refractivity contribution >= 4 is 0 Å². The zero-order valence-corrected chi connectivity index (χ0v) is 12.6. The number of likely N-dealkylation sites (tertiary alicyclic amines) is 2. The van der Waals surface area contributed by atoms with Crippen molar-refractivity contribution in [3.8, 4) is 0 Å². The number of hydrogen-bond acceptors (Lipinski definition) is 2. The Morgan fingerprint density at radius 2 is 1.44 bits per heavy atom. The van der Waals surface area contributed by atoms with Crippen molar-refractivity contribution in [1.82, 2.24) is 9.80 Å². The maximum Gasteiger partial charge on any atom is 0.0120 e. The highest BCUT2D eigenvalue weighted by Gasteiger charge is 2.57. The third kappa shape index (κ3) is 2.22. The van der Waals surface area contributed by atoms with Crippen LogP contribution in [0.2, 0.25) is 0 Å². The number of fused-ring (bicyclic) bond motifs is 1. The van der Waals surface area contributed by atoms with Crippen molar-refractivity contribution in [3.63, 3.8) is 0 Å². The maximum absolute atomic E-state index is 2.83. The molecule has 3 atom stereocenters. The van der Waals surface area contributed by atoms with Crippen molar-refractivity contribution in [1.29, 1.82) is 0 Å². The van der Waals surface area contributed by atoms with Crippen LogP contribution >= 0.6 is 0 Å². The molecule has 0 radical (unpaired) electrons. The van der Waals surface area contributed by atoms with Gasteiger partial charge in [0.25, 0.3) is 0 Å². The van der Waals surface area contributed by atoms with Crippen molar-refractivity contribution in [2.45, 2.75) is 52.6 Å². The second kappa shape index (κ2) is 4.79. The van der Waals surface area contributed by atoms with Crippen LogP contribution < -0.4 is 0 Å². The molecule has 3 rings (SSSR count). The van der Waals surface area contributed by atoms with E-state index in [0.29, 0.717) is 0 Å². The zero-order chi connectivity index (χ0) is 12.9. The highest BCUT2D eigenvalue weighted by Crippen LogP contribution is 2.56. The number of hydrogen-bond donors (Lipinski definition) is 0. The monoisotopic (exact) mass is 250 g/mol. The molecule has 1 saturated carbocycles. The Kier molecular flexibility index (Phi) is 3.44. The number of rotatable bonds is 3. The molecule has 2 heteroatoms. The van der Waals surface area contributed by atoms with E-state index in [2.05, 4.69) is 37.5 Å². The van der Waals surface area contributed by atoms with E-state index in [9.17, 15) is 0 Å². The lowest BCUT2D eigenvalue weighted by Crippen LogP contribution is -2.47. The maximum atomic E-state index is 2.83. The molecular formula is C16H30N2. The van der Waals surface area contributed by atoms with Gasteiger partial charge in [-0.25, -0.2) is 0 Å². The van der Waals surface area contributed by atoms with Crippen LogP contribution in [-0.4, -0.2) is 48.1 Å². The first kappa shape index (κ1) is 12.9. The molecule has 0 aromatic carbocycles. The minimum Gasteiger partial charge on any atom is -0.301 e. The second-order valence-corrected chi connectivity index (χ2v) is 7.46. The van der Waals surface area contributed by atoms with E-state index in [0.717, 1.165) is 35.8 Å². The van der Waals surface area contributed by atoms with Gasteiger partial charge in [-0.3, -0.25) is 4.90 Å². The quantitative estimate of drug-likeness (QED) is 0.760. The molecule has 2 aliphatic heterocycles.